The molecule has 2 aromatic carbocycles. The number of hydrogen-bond donors (Lipinski definition) is 1. The van der Waals surface area contributed by atoms with Gasteiger partial charge in [0.05, 0.1) is 21.9 Å². The highest BCUT2D eigenvalue weighted by molar-refractivity contribution is 6.42. The molecule has 1 aliphatic heterocycles. The third kappa shape index (κ3) is 5.47. The zero-order valence-corrected chi connectivity index (χ0v) is 22.5. The first-order chi connectivity index (χ1) is 18.3. The Bertz CT molecular complexity index is 1430. The fraction of sp³-hybridized carbons (Fsp3) is 0.286. The highest BCUT2D eigenvalue weighted by atomic mass is 35.5. The van der Waals surface area contributed by atoms with Crippen molar-refractivity contribution in [3.05, 3.63) is 87.8 Å². The normalized spacial score (nSPS) is 17.9. The average Bonchev–Trinajstić information content (AvgIpc) is 3.59. The van der Waals surface area contributed by atoms with Gasteiger partial charge in [-0.15, -0.1) is 0 Å². The number of ether oxygens (including phenoxy) is 1. The van der Waals surface area contributed by atoms with Crippen LogP contribution >= 0.6 is 23.2 Å². The first kappa shape index (κ1) is 26.0. The number of halogens is 2. The van der Waals surface area contributed by atoms with Gasteiger partial charge in [-0.3, -0.25) is 4.79 Å². The van der Waals surface area contributed by atoms with Gasteiger partial charge in [0.15, 0.2) is 5.82 Å². The van der Waals surface area contributed by atoms with Crippen molar-refractivity contribution in [3.8, 4) is 17.3 Å². The summed E-state index contributed by atoms with van der Waals surface area (Å²) in [5, 5.41) is 4.90. The number of carbonyl (C=O) groups excluding carboxylic acids is 1. The van der Waals surface area contributed by atoms with Gasteiger partial charge in [0.1, 0.15) is 6.10 Å². The van der Waals surface area contributed by atoms with E-state index < -0.39 is 0 Å². The van der Waals surface area contributed by atoms with Crippen LogP contribution in [-0.4, -0.2) is 45.1 Å². The van der Waals surface area contributed by atoms with Crippen LogP contribution in [0.3, 0.4) is 0 Å². The molecule has 0 spiro atoms. The van der Waals surface area contributed by atoms with E-state index in [2.05, 4.69) is 15.1 Å². The Hall–Kier alpha value is -3.62. The van der Waals surface area contributed by atoms with Crippen LogP contribution in [0.4, 0.5) is 5.69 Å². The lowest BCUT2D eigenvalue weighted by atomic mass is 9.86. The Morgan fingerprint density at radius 2 is 1.92 bits per heavy atom. The molecular weight excluding hydrogens is 525 g/mol. The molecule has 2 N–H and O–H groups in total. The van der Waals surface area contributed by atoms with E-state index in [0.29, 0.717) is 58.4 Å². The first-order valence-electron chi connectivity index (χ1n) is 12.4. The number of likely N-dealkylation sites (tertiary alicyclic amines) is 1. The number of hydrogen-bond acceptors (Lipinski definition) is 7. The van der Waals surface area contributed by atoms with E-state index in [-0.39, 0.29) is 23.8 Å². The minimum Gasteiger partial charge on any atom is -0.474 e. The van der Waals surface area contributed by atoms with Crippen LogP contribution in [0.25, 0.3) is 11.5 Å². The fourth-order valence-electron chi connectivity index (χ4n) is 4.76. The highest BCUT2D eigenvalue weighted by Crippen LogP contribution is 2.39. The minimum atomic E-state index is -0.240. The van der Waals surface area contributed by atoms with E-state index in [1.165, 1.54) is 0 Å². The van der Waals surface area contributed by atoms with E-state index in [1.54, 1.807) is 36.5 Å². The number of pyridine rings is 1. The summed E-state index contributed by atoms with van der Waals surface area (Å²) in [4.78, 5) is 24.0. The number of nitrogen functional groups attached to an aromatic ring is 1. The largest absolute Gasteiger partial charge is 0.474 e. The molecule has 0 saturated carbocycles. The predicted octanol–water partition coefficient (Wildman–Crippen LogP) is 5.91. The lowest BCUT2D eigenvalue weighted by Crippen LogP contribution is -2.32. The summed E-state index contributed by atoms with van der Waals surface area (Å²) in [6.45, 7) is 4.97. The number of nitrogens with two attached hydrogens (primary N) is 1. The third-order valence-corrected chi connectivity index (χ3v) is 7.60. The Morgan fingerprint density at radius 3 is 2.58 bits per heavy atom. The van der Waals surface area contributed by atoms with Gasteiger partial charge in [-0.1, -0.05) is 41.3 Å². The molecule has 1 fully saturated rings. The lowest BCUT2D eigenvalue weighted by Gasteiger charge is -2.25. The summed E-state index contributed by atoms with van der Waals surface area (Å²) >= 11 is 12.5. The van der Waals surface area contributed by atoms with E-state index in [1.807, 2.05) is 43.0 Å². The smallest absolute Gasteiger partial charge is 0.257 e. The lowest BCUT2D eigenvalue weighted by molar-refractivity contribution is 0.0769. The predicted molar refractivity (Wildman–Crippen MR) is 146 cm³/mol. The highest BCUT2D eigenvalue weighted by Gasteiger charge is 2.40. The monoisotopic (exact) mass is 551 g/mol. The second kappa shape index (κ2) is 11.0. The van der Waals surface area contributed by atoms with E-state index in [4.69, 9.17) is 38.2 Å². The molecule has 3 atom stereocenters. The van der Waals surface area contributed by atoms with Crippen LogP contribution in [0.1, 0.15) is 41.5 Å². The zero-order chi connectivity index (χ0) is 26.8. The summed E-state index contributed by atoms with van der Waals surface area (Å²) in [6, 6.07) is 16.3. The van der Waals surface area contributed by atoms with Crippen LogP contribution < -0.4 is 10.5 Å². The van der Waals surface area contributed by atoms with Crippen LogP contribution in [0.15, 0.2) is 65.3 Å². The number of aromatic nitrogens is 3. The van der Waals surface area contributed by atoms with Gasteiger partial charge in [-0.05, 0) is 55.0 Å². The molecule has 0 bridgehead atoms. The van der Waals surface area contributed by atoms with Crippen LogP contribution in [0.5, 0.6) is 5.88 Å². The third-order valence-electron chi connectivity index (χ3n) is 6.86. The number of amides is 1. The summed E-state index contributed by atoms with van der Waals surface area (Å²) in [5.74, 6) is 1.46. The maximum absolute atomic E-state index is 13.6. The molecule has 4 aromatic rings. The average molecular weight is 552 g/mol. The zero-order valence-electron chi connectivity index (χ0n) is 21.0. The van der Waals surface area contributed by atoms with Crippen LogP contribution in [-0.2, 0) is 6.42 Å². The number of anilines is 1. The van der Waals surface area contributed by atoms with Gasteiger partial charge in [0, 0.05) is 48.5 Å². The van der Waals surface area contributed by atoms with Crippen molar-refractivity contribution in [3.63, 3.8) is 0 Å². The SMILES string of the molecule is CCc1noc(-c2ccc(C(=O)N3C[C@H]([C@H](C)Oc4ccc(N)cn4)[C@@H](c4ccc(Cl)c(Cl)c4)C3)cc2)n1. The van der Waals surface area contributed by atoms with Crippen molar-refractivity contribution >= 4 is 34.8 Å². The van der Waals surface area contributed by atoms with E-state index >= 15 is 0 Å². The number of aryl methyl sites for hydroxylation is 1. The molecule has 1 saturated heterocycles. The van der Waals surface area contributed by atoms with Crippen LogP contribution in [0.2, 0.25) is 10.0 Å². The van der Waals surface area contributed by atoms with Crippen molar-refractivity contribution in [2.24, 2.45) is 5.92 Å². The van der Waals surface area contributed by atoms with Gasteiger partial charge in [0.25, 0.3) is 11.8 Å². The Morgan fingerprint density at radius 1 is 1.13 bits per heavy atom. The number of carbonyl (C=O) groups is 1. The number of rotatable bonds is 7. The van der Waals surface area contributed by atoms with Crippen molar-refractivity contribution in [2.75, 3.05) is 18.8 Å². The number of nitrogens with zero attached hydrogens (tertiary/aromatic N) is 4. The molecule has 8 nitrogen and oxygen atoms in total. The van der Waals surface area contributed by atoms with Crippen LogP contribution in [0, 0.1) is 5.92 Å². The van der Waals surface area contributed by atoms with Gasteiger partial charge in [-0.25, -0.2) is 4.98 Å². The van der Waals surface area contributed by atoms with Gasteiger partial charge in [0.2, 0.25) is 5.88 Å². The molecule has 196 valence electrons. The van der Waals surface area contributed by atoms with Crippen molar-refractivity contribution < 1.29 is 14.1 Å². The maximum Gasteiger partial charge on any atom is 0.257 e. The molecular formula is C28H27Cl2N5O3. The topological polar surface area (TPSA) is 107 Å². The molecule has 3 heterocycles. The molecule has 0 unspecified atom stereocenters. The molecule has 0 radical (unpaired) electrons. The standard InChI is InChI=1S/C28H27Cl2N5O3/c1-3-25-33-27(38-34-25)17-4-6-18(7-5-17)28(36)35-14-21(16(2)37-26-11-9-20(31)13-32-26)22(15-35)19-8-10-23(29)24(30)12-19/h4-13,16,21-22H,3,14-15,31H2,1-2H3/t16-,21+,22+/m0/s1. The Balaban J connectivity index is 1.37. The van der Waals surface area contributed by atoms with E-state index in [9.17, 15) is 4.79 Å². The maximum atomic E-state index is 13.6. The quantitative estimate of drug-likeness (QED) is 0.304. The van der Waals surface area contributed by atoms with Crippen molar-refractivity contribution in [1.82, 2.24) is 20.0 Å². The van der Waals surface area contributed by atoms with Gasteiger partial charge >= 0.3 is 0 Å². The summed E-state index contributed by atoms with van der Waals surface area (Å²) in [5.41, 5.74) is 8.66. The van der Waals surface area contributed by atoms with Gasteiger partial charge < -0.3 is 19.9 Å². The summed E-state index contributed by atoms with van der Waals surface area (Å²) < 4.78 is 11.5. The molecule has 1 aliphatic rings. The molecule has 0 aliphatic carbocycles. The molecule has 38 heavy (non-hydrogen) atoms. The first-order valence-corrected chi connectivity index (χ1v) is 13.1. The van der Waals surface area contributed by atoms with Gasteiger partial charge in [-0.2, -0.15) is 4.98 Å². The Kier molecular flexibility index (Phi) is 7.53. The van der Waals surface area contributed by atoms with Crippen molar-refractivity contribution in [2.45, 2.75) is 32.3 Å². The molecule has 10 heteroatoms. The molecule has 5 rings (SSSR count). The Labute approximate surface area is 230 Å². The second-order valence-electron chi connectivity index (χ2n) is 9.35. The molecule has 1 amide bonds. The minimum absolute atomic E-state index is 0.0115. The number of benzene rings is 2. The van der Waals surface area contributed by atoms with E-state index in [0.717, 1.165) is 11.1 Å². The summed E-state index contributed by atoms with van der Waals surface area (Å²) in [6.07, 6.45) is 2.01. The molecule has 2 aromatic heterocycles. The van der Waals surface area contributed by atoms with Crippen molar-refractivity contribution in [1.29, 1.82) is 0 Å². The second-order valence-corrected chi connectivity index (χ2v) is 10.2. The fourth-order valence-corrected chi connectivity index (χ4v) is 5.06. The summed E-state index contributed by atoms with van der Waals surface area (Å²) in [7, 11) is 0.